The zero-order valence-electron chi connectivity index (χ0n) is 18.9. The van der Waals surface area contributed by atoms with E-state index in [4.69, 9.17) is 14.7 Å². The summed E-state index contributed by atoms with van der Waals surface area (Å²) in [4.78, 5) is 16.4. The van der Waals surface area contributed by atoms with E-state index in [-0.39, 0.29) is 12.6 Å². The summed E-state index contributed by atoms with van der Waals surface area (Å²) in [5.74, 6) is 3.09. The maximum absolute atomic E-state index is 9.81. The molecule has 3 aromatic rings. The largest absolute Gasteiger partial charge is 0.496 e. The molecule has 1 aliphatic heterocycles. The maximum Gasteiger partial charge on any atom is 0.230 e. The average Bonchev–Trinajstić information content (AvgIpc) is 3.55. The average molecular weight is 435 g/mol. The number of methoxy groups -OCH3 is 1. The van der Waals surface area contributed by atoms with Gasteiger partial charge in [0.2, 0.25) is 5.95 Å². The second-order valence-electron chi connectivity index (χ2n) is 8.70. The van der Waals surface area contributed by atoms with Gasteiger partial charge in [-0.2, -0.15) is 4.98 Å². The number of benzene rings is 1. The zero-order valence-corrected chi connectivity index (χ0v) is 18.9. The molecule has 2 aromatic heterocycles. The third-order valence-corrected chi connectivity index (χ3v) is 6.72. The van der Waals surface area contributed by atoms with Crippen molar-refractivity contribution < 1.29 is 9.84 Å². The number of anilines is 3. The molecule has 1 fully saturated rings. The first-order chi connectivity index (χ1) is 15.6. The molecule has 0 radical (unpaired) electrons. The number of aliphatic hydroxyl groups excluding tert-OH is 1. The van der Waals surface area contributed by atoms with Crippen LogP contribution in [-0.2, 0) is 12.8 Å². The van der Waals surface area contributed by atoms with Gasteiger partial charge < -0.3 is 24.6 Å². The molecule has 8 heteroatoms. The molecule has 3 heterocycles. The van der Waals surface area contributed by atoms with Gasteiger partial charge in [0.1, 0.15) is 17.9 Å². The zero-order chi connectivity index (χ0) is 22.2. The van der Waals surface area contributed by atoms with Gasteiger partial charge in [-0.1, -0.05) is 0 Å². The number of aryl methyl sites for hydroxylation is 2. The van der Waals surface area contributed by atoms with Crippen LogP contribution in [0.15, 0.2) is 24.7 Å². The van der Waals surface area contributed by atoms with E-state index in [2.05, 4.69) is 35.1 Å². The van der Waals surface area contributed by atoms with Crippen LogP contribution < -0.4 is 15.0 Å². The standard InChI is InChI=1S/C24H30N6O2/c1-15-10-18(11-21(32-3)16(15)2)29-12-22(25-14-29)27-24-26-20-8-4-7-19(20)23(28-24)30-9-5-6-17(30)13-31/h10-12,14,17,31H,4-9,13H2,1-3H3,(H,26,27,28)/t17-/m1/s1. The minimum atomic E-state index is 0.140. The highest BCUT2D eigenvalue weighted by atomic mass is 16.5. The van der Waals surface area contributed by atoms with E-state index < -0.39 is 0 Å². The molecular weight excluding hydrogens is 404 g/mol. The minimum Gasteiger partial charge on any atom is -0.496 e. The fraction of sp³-hybridized carbons (Fsp3) is 0.458. The van der Waals surface area contributed by atoms with E-state index in [1.54, 1.807) is 13.4 Å². The molecule has 2 aliphatic rings. The van der Waals surface area contributed by atoms with Gasteiger partial charge in [0.15, 0.2) is 5.82 Å². The molecule has 0 bridgehead atoms. The third kappa shape index (κ3) is 3.68. The number of hydrogen-bond acceptors (Lipinski definition) is 7. The van der Waals surface area contributed by atoms with Crippen LogP contribution in [-0.4, -0.2) is 50.9 Å². The first kappa shape index (κ1) is 20.8. The van der Waals surface area contributed by atoms with Crippen molar-refractivity contribution in [1.82, 2.24) is 19.5 Å². The summed E-state index contributed by atoms with van der Waals surface area (Å²) in [5, 5.41) is 13.1. The van der Waals surface area contributed by atoms with E-state index in [1.165, 1.54) is 11.1 Å². The summed E-state index contributed by atoms with van der Waals surface area (Å²) in [6.45, 7) is 5.22. The van der Waals surface area contributed by atoms with Gasteiger partial charge >= 0.3 is 0 Å². The molecule has 1 atom stereocenters. The number of nitrogens with one attached hydrogen (secondary N) is 1. The Balaban J connectivity index is 1.44. The Bertz CT molecular complexity index is 1140. The summed E-state index contributed by atoms with van der Waals surface area (Å²) in [6, 6.07) is 4.28. The van der Waals surface area contributed by atoms with Crippen molar-refractivity contribution in [2.75, 3.05) is 30.5 Å². The van der Waals surface area contributed by atoms with Crippen molar-refractivity contribution in [3.05, 3.63) is 47.0 Å². The van der Waals surface area contributed by atoms with Gasteiger partial charge in [-0.05, 0) is 63.1 Å². The highest BCUT2D eigenvalue weighted by Crippen LogP contribution is 2.34. The lowest BCUT2D eigenvalue weighted by molar-refractivity contribution is 0.266. The molecular formula is C24H30N6O2. The second-order valence-corrected chi connectivity index (χ2v) is 8.70. The van der Waals surface area contributed by atoms with Gasteiger partial charge in [-0.25, -0.2) is 9.97 Å². The number of aliphatic hydroxyl groups is 1. The van der Waals surface area contributed by atoms with Crippen molar-refractivity contribution in [3.63, 3.8) is 0 Å². The van der Waals surface area contributed by atoms with Crippen molar-refractivity contribution in [2.45, 2.75) is 52.0 Å². The van der Waals surface area contributed by atoms with Crippen LogP contribution >= 0.6 is 0 Å². The van der Waals surface area contributed by atoms with Crippen LogP contribution in [0.25, 0.3) is 5.69 Å². The van der Waals surface area contributed by atoms with Gasteiger partial charge in [0, 0.05) is 18.2 Å². The van der Waals surface area contributed by atoms with E-state index >= 15 is 0 Å². The fourth-order valence-corrected chi connectivity index (χ4v) is 4.82. The van der Waals surface area contributed by atoms with Gasteiger partial charge in [0.25, 0.3) is 0 Å². The van der Waals surface area contributed by atoms with Crippen LogP contribution in [0, 0.1) is 13.8 Å². The molecule has 2 N–H and O–H groups in total. The Morgan fingerprint density at radius 3 is 2.88 bits per heavy atom. The van der Waals surface area contributed by atoms with E-state index in [0.29, 0.717) is 11.8 Å². The molecule has 32 heavy (non-hydrogen) atoms. The van der Waals surface area contributed by atoms with Crippen LogP contribution in [0.2, 0.25) is 0 Å². The predicted octanol–water partition coefficient (Wildman–Crippen LogP) is 3.48. The fourth-order valence-electron chi connectivity index (χ4n) is 4.82. The number of fused-ring (bicyclic) bond motifs is 1. The monoisotopic (exact) mass is 434 g/mol. The van der Waals surface area contributed by atoms with Crippen molar-refractivity contribution >= 4 is 17.6 Å². The van der Waals surface area contributed by atoms with Crippen molar-refractivity contribution in [3.8, 4) is 11.4 Å². The molecule has 1 aromatic carbocycles. The summed E-state index contributed by atoms with van der Waals surface area (Å²) in [7, 11) is 1.69. The number of ether oxygens (including phenoxy) is 1. The Hall–Kier alpha value is -3.13. The molecule has 1 aliphatic carbocycles. The van der Waals surface area contributed by atoms with E-state index in [0.717, 1.165) is 67.2 Å². The molecule has 0 amide bonds. The Kier molecular flexibility index (Phi) is 5.46. The molecule has 0 spiro atoms. The quantitative estimate of drug-likeness (QED) is 0.614. The minimum absolute atomic E-state index is 0.140. The Morgan fingerprint density at radius 1 is 1.19 bits per heavy atom. The number of hydrogen-bond donors (Lipinski definition) is 2. The van der Waals surface area contributed by atoms with Crippen molar-refractivity contribution in [1.29, 1.82) is 0 Å². The first-order valence-corrected chi connectivity index (χ1v) is 11.3. The van der Waals surface area contributed by atoms with Gasteiger partial charge in [0.05, 0.1) is 37.3 Å². The predicted molar refractivity (Wildman–Crippen MR) is 124 cm³/mol. The summed E-state index contributed by atoms with van der Waals surface area (Å²) in [6.07, 6.45) is 8.87. The highest BCUT2D eigenvalue weighted by Gasteiger charge is 2.30. The second kappa shape index (κ2) is 8.43. The lowest BCUT2D eigenvalue weighted by atomic mass is 10.1. The molecule has 0 saturated carbocycles. The van der Waals surface area contributed by atoms with Crippen molar-refractivity contribution in [2.24, 2.45) is 0 Å². The molecule has 0 unspecified atom stereocenters. The smallest absolute Gasteiger partial charge is 0.230 e. The summed E-state index contributed by atoms with van der Waals surface area (Å²) in [5.41, 5.74) is 5.64. The number of imidazole rings is 1. The molecule has 168 valence electrons. The van der Waals surface area contributed by atoms with Crippen LogP contribution in [0.4, 0.5) is 17.6 Å². The summed E-state index contributed by atoms with van der Waals surface area (Å²) >= 11 is 0. The number of aromatic nitrogens is 4. The highest BCUT2D eigenvalue weighted by molar-refractivity contribution is 5.59. The molecule has 8 nitrogen and oxygen atoms in total. The number of nitrogens with zero attached hydrogens (tertiary/aromatic N) is 5. The molecule has 5 rings (SSSR count). The molecule has 1 saturated heterocycles. The van der Waals surface area contributed by atoms with Gasteiger partial charge in [-0.15, -0.1) is 0 Å². The first-order valence-electron chi connectivity index (χ1n) is 11.3. The lowest BCUT2D eigenvalue weighted by Gasteiger charge is -2.26. The van der Waals surface area contributed by atoms with E-state index in [9.17, 15) is 5.11 Å². The maximum atomic E-state index is 9.81. The van der Waals surface area contributed by atoms with Gasteiger partial charge in [-0.3, -0.25) is 0 Å². The third-order valence-electron chi connectivity index (χ3n) is 6.72. The summed E-state index contributed by atoms with van der Waals surface area (Å²) < 4.78 is 7.49. The lowest BCUT2D eigenvalue weighted by Crippen LogP contribution is -2.33. The topological polar surface area (TPSA) is 88.3 Å². The SMILES string of the molecule is COc1cc(-n2cnc(Nc3nc4c(c(N5CCC[C@@H]5CO)n3)CCC4)c2)cc(C)c1C. The van der Waals surface area contributed by atoms with Crippen LogP contribution in [0.5, 0.6) is 5.75 Å². The van der Waals surface area contributed by atoms with E-state index in [1.807, 2.05) is 16.8 Å². The van der Waals surface area contributed by atoms with Crippen LogP contribution in [0.3, 0.4) is 0 Å². The number of rotatable bonds is 6. The van der Waals surface area contributed by atoms with Crippen LogP contribution in [0.1, 0.15) is 41.6 Å². The Labute approximate surface area is 188 Å². The Morgan fingerprint density at radius 2 is 2.06 bits per heavy atom. The normalized spacial score (nSPS) is 17.6.